The van der Waals surface area contributed by atoms with Gasteiger partial charge in [0.2, 0.25) is 11.8 Å². The lowest BCUT2D eigenvalue weighted by molar-refractivity contribution is -0.153. The highest BCUT2D eigenvalue weighted by Gasteiger charge is 2.38. The van der Waals surface area contributed by atoms with Gasteiger partial charge >= 0.3 is 5.97 Å². The number of carboxylic acids is 1. The number of likely N-dealkylation sites (tertiary alicyclic amines) is 1. The molecule has 1 fully saturated rings. The van der Waals surface area contributed by atoms with Crippen LogP contribution in [0.2, 0.25) is 0 Å². The molecule has 0 aliphatic carbocycles. The van der Waals surface area contributed by atoms with Crippen LogP contribution in [0.1, 0.15) is 33.6 Å². The molecule has 1 saturated heterocycles. The average molecular weight is 270 g/mol. The van der Waals surface area contributed by atoms with Crippen LogP contribution in [0.5, 0.6) is 0 Å². The van der Waals surface area contributed by atoms with E-state index in [1.807, 2.05) is 13.8 Å². The highest BCUT2D eigenvalue weighted by atomic mass is 16.4. The number of nitrogens with zero attached hydrogens (tertiary/aromatic N) is 2. The van der Waals surface area contributed by atoms with Crippen molar-refractivity contribution >= 4 is 17.8 Å². The number of carboxylic acid groups (broad SMARTS) is 1. The molecule has 0 radical (unpaired) electrons. The predicted octanol–water partition coefficient (Wildman–Crippen LogP) is 0.565. The minimum atomic E-state index is -1.05. The maximum absolute atomic E-state index is 12.4. The highest BCUT2D eigenvalue weighted by molar-refractivity contribution is 5.91. The van der Waals surface area contributed by atoms with E-state index in [-0.39, 0.29) is 17.7 Å². The number of amides is 2. The van der Waals surface area contributed by atoms with Crippen LogP contribution in [0, 0.1) is 5.92 Å². The molecule has 19 heavy (non-hydrogen) atoms. The van der Waals surface area contributed by atoms with Crippen LogP contribution >= 0.6 is 0 Å². The maximum atomic E-state index is 12.4. The third-order valence-electron chi connectivity index (χ3n) is 3.62. The smallest absolute Gasteiger partial charge is 0.326 e. The largest absolute Gasteiger partial charge is 0.480 e. The van der Waals surface area contributed by atoms with Crippen molar-refractivity contribution in [1.29, 1.82) is 0 Å². The summed E-state index contributed by atoms with van der Waals surface area (Å²) in [6.07, 6.45) is 1.22. The van der Waals surface area contributed by atoms with E-state index in [0.29, 0.717) is 13.0 Å². The van der Waals surface area contributed by atoms with Crippen LogP contribution in [-0.4, -0.2) is 58.4 Å². The van der Waals surface area contributed by atoms with Crippen LogP contribution in [0.3, 0.4) is 0 Å². The monoisotopic (exact) mass is 270 g/mol. The first kappa shape index (κ1) is 15.5. The van der Waals surface area contributed by atoms with Gasteiger partial charge in [0.05, 0.1) is 0 Å². The first-order chi connectivity index (χ1) is 8.77. The van der Waals surface area contributed by atoms with E-state index >= 15 is 0 Å². The normalized spacial score (nSPS) is 18.6. The Hall–Kier alpha value is -1.59. The minimum Gasteiger partial charge on any atom is -0.480 e. The van der Waals surface area contributed by atoms with Crippen molar-refractivity contribution in [2.75, 3.05) is 13.6 Å². The van der Waals surface area contributed by atoms with Crippen LogP contribution in [0.15, 0.2) is 0 Å². The second-order valence-electron chi connectivity index (χ2n) is 5.34. The van der Waals surface area contributed by atoms with Gasteiger partial charge in [0.1, 0.15) is 12.1 Å². The van der Waals surface area contributed by atoms with Gasteiger partial charge in [-0.1, -0.05) is 13.8 Å². The number of carbonyl (C=O) groups excluding carboxylic acids is 2. The molecule has 1 aliphatic heterocycles. The fourth-order valence-corrected chi connectivity index (χ4v) is 2.31. The van der Waals surface area contributed by atoms with Crippen molar-refractivity contribution in [2.24, 2.45) is 5.92 Å². The van der Waals surface area contributed by atoms with Gasteiger partial charge in [-0.25, -0.2) is 4.79 Å². The lowest BCUT2D eigenvalue weighted by Crippen LogP contribution is -2.54. The molecule has 0 aromatic heterocycles. The van der Waals surface area contributed by atoms with Gasteiger partial charge in [-0.3, -0.25) is 9.59 Å². The second kappa shape index (κ2) is 6.04. The molecule has 2 amide bonds. The molecule has 0 aromatic rings. The first-order valence-corrected chi connectivity index (χ1v) is 6.56. The molecular weight excluding hydrogens is 248 g/mol. The van der Waals surface area contributed by atoms with E-state index < -0.39 is 18.1 Å². The molecule has 0 spiro atoms. The summed E-state index contributed by atoms with van der Waals surface area (Å²) in [6, 6.07) is -1.46. The Labute approximate surface area is 113 Å². The number of hydrogen-bond acceptors (Lipinski definition) is 3. The molecule has 6 heteroatoms. The van der Waals surface area contributed by atoms with Gasteiger partial charge in [0.15, 0.2) is 0 Å². The van der Waals surface area contributed by atoms with Crippen LogP contribution in [-0.2, 0) is 14.4 Å². The predicted molar refractivity (Wildman–Crippen MR) is 69.4 cm³/mol. The van der Waals surface area contributed by atoms with E-state index in [4.69, 9.17) is 5.11 Å². The Kier molecular flexibility index (Phi) is 4.91. The second-order valence-corrected chi connectivity index (χ2v) is 5.34. The third kappa shape index (κ3) is 3.24. The summed E-state index contributed by atoms with van der Waals surface area (Å²) in [5.74, 6) is -1.42. The fraction of sp³-hybridized carbons (Fsp3) is 0.769. The average Bonchev–Trinajstić information content (AvgIpc) is 2.73. The molecule has 1 rings (SSSR count). The van der Waals surface area contributed by atoms with Gasteiger partial charge in [0, 0.05) is 20.0 Å². The molecule has 1 aliphatic rings. The van der Waals surface area contributed by atoms with Gasteiger partial charge in [-0.15, -0.1) is 0 Å². The topological polar surface area (TPSA) is 77.9 Å². The number of likely N-dealkylation sites (N-methyl/N-ethyl adjacent to an activating group) is 1. The summed E-state index contributed by atoms with van der Waals surface area (Å²) in [4.78, 5) is 38.0. The molecule has 2 atom stereocenters. The Bertz CT molecular complexity index is 381. The maximum Gasteiger partial charge on any atom is 0.326 e. The van der Waals surface area contributed by atoms with Gasteiger partial charge in [-0.05, 0) is 19.3 Å². The van der Waals surface area contributed by atoms with Crippen molar-refractivity contribution in [2.45, 2.75) is 45.7 Å². The van der Waals surface area contributed by atoms with Crippen LogP contribution < -0.4 is 0 Å². The summed E-state index contributed by atoms with van der Waals surface area (Å²) in [5, 5.41) is 8.96. The Balaban J connectivity index is 2.90. The summed E-state index contributed by atoms with van der Waals surface area (Å²) in [7, 11) is 1.47. The summed E-state index contributed by atoms with van der Waals surface area (Å²) >= 11 is 0. The third-order valence-corrected chi connectivity index (χ3v) is 3.62. The molecular formula is C13H22N2O4. The molecule has 1 heterocycles. The van der Waals surface area contributed by atoms with Gasteiger partial charge in [0.25, 0.3) is 0 Å². The summed E-state index contributed by atoms with van der Waals surface area (Å²) < 4.78 is 0. The van der Waals surface area contributed by atoms with E-state index in [9.17, 15) is 14.4 Å². The van der Waals surface area contributed by atoms with Crippen molar-refractivity contribution in [3.63, 3.8) is 0 Å². The van der Waals surface area contributed by atoms with Crippen molar-refractivity contribution in [1.82, 2.24) is 9.80 Å². The number of carbonyl (C=O) groups is 3. The van der Waals surface area contributed by atoms with E-state index in [1.54, 1.807) is 4.90 Å². The van der Waals surface area contributed by atoms with E-state index in [2.05, 4.69) is 0 Å². The lowest BCUT2D eigenvalue weighted by atomic mass is 10.0. The molecule has 0 saturated carbocycles. The zero-order valence-corrected chi connectivity index (χ0v) is 11.9. The van der Waals surface area contributed by atoms with Crippen molar-refractivity contribution in [3.05, 3.63) is 0 Å². The highest BCUT2D eigenvalue weighted by Crippen LogP contribution is 2.21. The van der Waals surface area contributed by atoms with Crippen LogP contribution in [0.25, 0.3) is 0 Å². The first-order valence-electron chi connectivity index (χ1n) is 6.56. The number of hydrogen-bond donors (Lipinski definition) is 1. The quantitative estimate of drug-likeness (QED) is 0.792. The Morgan fingerprint density at radius 1 is 1.32 bits per heavy atom. The Morgan fingerprint density at radius 2 is 1.89 bits per heavy atom. The zero-order valence-electron chi connectivity index (χ0n) is 11.9. The fourth-order valence-electron chi connectivity index (χ4n) is 2.31. The van der Waals surface area contributed by atoms with Crippen molar-refractivity contribution in [3.8, 4) is 0 Å². The SMILES string of the molecule is CC(C)[C@H](C(=O)N(C)[C@@H](C)C(=O)O)N1CCCC1=O. The van der Waals surface area contributed by atoms with Crippen molar-refractivity contribution < 1.29 is 19.5 Å². The Morgan fingerprint density at radius 3 is 2.26 bits per heavy atom. The molecule has 0 bridgehead atoms. The molecule has 0 aromatic carbocycles. The molecule has 6 nitrogen and oxygen atoms in total. The summed E-state index contributed by atoms with van der Waals surface area (Å²) in [5.41, 5.74) is 0. The molecule has 0 unspecified atom stereocenters. The molecule has 1 N–H and O–H groups in total. The van der Waals surface area contributed by atoms with Gasteiger partial charge in [-0.2, -0.15) is 0 Å². The van der Waals surface area contributed by atoms with E-state index in [1.165, 1.54) is 18.9 Å². The standard InChI is InChI=1S/C13H22N2O4/c1-8(2)11(15-7-5-6-10(15)16)12(17)14(4)9(3)13(18)19/h8-9,11H,5-7H2,1-4H3,(H,18,19)/t9-,11+/m0/s1. The number of aliphatic carboxylic acids is 1. The zero-order chi connectivity index (χ0) is 14.7. The lowest BCUT2D eigenvalue weighted by Gasteiger charge is -2.34. The molecule has 108 valence electrons. The van der Waals surface area contributed by atoms with E-state index in [0.717, 1.165) is 6.42 Å². The minimum absolute atomic E-state index is 0.0246. The summed E-state index contributed by atoms with van der Waals surface area (Å²) in [6.45, 7) is 5.77. The van der Waals surface area contributed by atoms with Crippen LogP contribution in [0.4, 0.5) is 0 Å². The van der Waals surface area contributed by atoms with Gasteiger partial charge < -0.3 is 14.9 Å². The number of rotatable bonds is 5.